The number of unbranched alkanes of at least 4 members (excludes halogenated alkanes) is 2. The molecule has 0 rings (SSSR count). The first-order chi connectivity index (χ1) is 5.41. The van der Waals surface area contributed by atoms with E-state index in [4.69, 9.17) is 0 Å². The van der Waals surface area contributed by atoms with Crippen molar-refractivity contribution < 1.29 is 0 Å². The first-order valence-electron chi connectivity index (χ1n) is 4.41. The monoisotopic (exact) mass is 169 g/mol. The molecule has 0 fully saturated rings. The van der Waals surface area contributed by atoms with E-state index in [0.717, 1.165) is 0 Å². The molecule has 0 bridgehead atoms. The van der Waals surface area contributed by atoms with Gasteiger partial charge in [0.2, 0.25) is 0 Å². The van der Waals surface area contributed by atoms with Crippen LogP contribution in [0.3, 0.4) is 0 Å². The van der Waals surface area contributed by atoms with Gasteiger partial charge in [-0.2, -0.15) is 0 Å². The molecule has 0 aliphatic rings. The predicted molar refractivity (Wildman–Crippen MR) is 55.0 cm³/mol. The number of rotatable bonds is 6. The highest BCUT2D eigenvalue weighted by Crippen LogP contribution is 2.14. The van der Waals surface area contributed by atoms with Crippen molar-refractivity contribution >= 4 is 8.58 Å². The number of hydrogen-bond donors (Lipinski definition) is 0. The smallest absolute Gasteiger partial charge is 0.0267 e. The maximum absolute atomic E-state index is 2.25. The van der Waals surface area contributed by atoms with Gasteiger partial charge in [-0.3, -0.25) is 0 Å². The van der Waals surface area contributed by atoms with Crippen LogP contribution in [0, 0.1) is 0 Å². The van der Waals surface area contributed by atoms with Crippen LogP contribution in [0.5, 0.6) is 0 Å². The quantitative estimate of drug-likeness (QED) is 0.511. The Kier molecular flexibility index (Phi) is 9.83. The Balaban J connectivity index is 3.11. The van der Waals surface area contributed by atoms with Crippen LogP contribution in [-0.2, 0) is 0 Å². The molecule has 0 aromatic heterocycles. The Labute approximate surface area is 72.6 Å². The fourth-order valence-corrected chi connectivity index (χ4v) is 1.29. The Bertz CT molecular complexity index is 100. The Morgan fingerprint density at radius 2 is 1.36 bits per heavy atom. The van der Waals surface area contributed by atoms with Gasteiger partial charge in [-0.25, -0.2) is 0 Å². The molecule has 1 heteroatoms. The zero-order valence-corrected chi connectivity index (χ0v) is 8.48. The van der Waals surface area contributed by atoms with Crippen molar-refractivity contribution in [3.05, 3.63) is 23.8 Å². The van der Waals surface area contributed by atoms with Crippen LogP contribution in [-0.4, -0.2) is 0 Å². The molecule has 0 amide bonds. The summed E-state index contributed by atoms with van der Waals surface area (Å²) in [5.74, 6) is 4.44. The third-order valence-corrected chi connectivity index (χ3v) is 2.06. The van der Waals surface area contributed by atoms with Gasteiger partial charge in [-0.05, 0) is 21.4 Å². The molecule has 0 spiro atoms. The number of hydrogen-bond acceptors (Lipinski definition) is 0. The molecule has 0 saturated carbocycles. The largest absolute Gasteiger partial charge is 0.0834 e. The average Bonchev–Trinajstić information content (AvgIpc) is 2.03. The SMILES string of the molecule is CCC/C=C/[P]/C=C/CCC. The minimum Gasteiger partial charge on any atom is -0.0834 e. The average molecular weight is 169 g/mol. The van der Waals surface area contributed by atoms with Gasteiger partial charge in [0, 0.05) is 0 Å². The fourth-order valence-electron chi connectivity index (χ4n) is 0.654. The molecule has 0 unspecified atom stereocenters. The summed E-state index contributed by atoms with van der Waals surface area (Å²) < 4.78 is 0. The van der Waals surface area contributed by atoms with Crippen molar-refractivity contribution in [2.24, 2.45) is 0 Å². The normalized spacial score (nSPS) is 11.8. The second kappa shape index (κ2) is 9.91. The summed E-state index contributed by atoms with van der Waals surface area (Å²) in [7, 11) is 1.33. The predicted octanol–water partition coefficient (Wildman–Crippen LogP) is 4.56. The van der Waals surface area contributed by atoms with E-state index in [1.807, 2.05) is 0 Å². The minimum absolute atomic E-state index is 1.22. The first kappa shape index (κ1) is 10.9. The maximum Gasteiger partial charge on any atom is -0.0267 e. The van der Waals surface area contributed by atoms with Gasteiger partial charge in [0.05, 0.1) is 0 Å². The fraction of sp³-hybridized carbons (Fsp3) is 0.600. The molecule has 1 radical (unpaired) electrons. The van der Waals surface area contributed by atoms with Gasteiger partial charge >= 0.3 is 0 Å². The molecule has 0 N–H and O–H groups in total. The lowest BCUT2D eigenvalue weighted by Gasteiger charge is -1.84. The zero-order valence-electron chi connectivity index (χ0n) is 7.59. The molecule has 0 saturated heterocycles. The summed E-state index contributed by atoms with van der Waals surface area (Å²) >= 11 is 0. The summed E-state index contributed by atoms with van der Waals surface area (Å²) in [5, 5.41) is 0. The van der Waals surface area contributed by atoms with E-state index in [-0.39, 0.29) is 0 Å². The molecule has 0 atom stereocenters. The van der Waals surface area contributed by atoms with E-state index in [1.165, 1.54) is 34.3 Å². The zero-order chi connectivity index (χ0) is 8.36. The van der Waals surface area contributed by atoms with Gasteiger partial charge in [-0.15, -0.1) is 0 Å². The highest BCUT2D eigenvalue weighted by Gasteiger charge is 1.74. The van der Waals surface area contributed by atoms with Crippen LogP contribution in [0.25, 0.3) is 0 Å². The molecule has 63 valence electrons. The Hall–Kier alpha value is -0.0900. The summed E-state index contributed by atoms with van der Waals surface area (Å²) in [6.45, 7) is 4.41. The van der Waals surface area contributed by atoms with Crippen molar-refractivity contribution in [2.75, 3.05) is 0 Å². The van der Waals surface area contributed by atoms with Crippen LogP contribution >= 0.6 is 8.58 Å². The summed E-state index contributed by atoms with van der Waals surface area (Å²) in [6.07, 6.45) is 9.44. The third kappa shape index (κ3) is 9.91. The van der Waals surface area contributed by atoms with E-state index in [9.17, 15) is 0 Å². The molecule has 0 heterocycles. The van der Waals surface area contributed by atoms with Crippen LogP contribution in [0.1, 0.15) is 39.5 Å². The Morgan fingerprint density at radius 1 is 0.909 bits per heavy atom. The number of allylic oxidation sites excluding steroid dienone is 2. The molecule has 0 aromatic rings. The van der Waals surface area contributed by atoms with Gasteiger partial charge in [0.25, 0.3) is 0 Å². The standard InChI is InChI=1S/C10H18P/c1-3-5-7-9-11-10-8-6-4-2/h7-10H,3-6H2,1-2H3/b9-7+,10-8+. The summed E-state index contributed by atoms with van der Waals surface area (Å²) in [6, 6.07) is 0. The molecule has 0 nitrogen and oxygen atoms in total. The summed E-state index contributed by atoms with van der Waals surface area (Å²) in [4.78, 5) is 0. The molecular weight excluding hydrogens is 151 g/mol. The van der Waals surface area contributed by atoms with Crippen LogP contribution in [0.2, 0.25) is 0 Å². The third-order valence-electron chi connectivity index (χ3n) is 1.29. The van der Waals surface area contributed by atoms with Crippen LogP contribution in [0.15, 0.2) is 23.8 Å². The Morgan fingerprint density at radius 3 is 1.73 bits per heavy atom. The molecular formula is C10H18P. The van der Waals surface area contributed by atoms with Crippen molar-refractivity contribution in [2.45, 2.75) is 39.5 Å². The topological polar surface area (TPSA) is 0 Å². The van der Waals surface area contributed by atoms with Gasteiger partial charge in [0.15, 0.2) is 0 Å². The van der Waals surface area contributed by atoms with E-state index in [1.54, 1.807) is 0 Å². The van der Waals surface area contributed by atoms with E-state index in [2.05, 4.69) is 37.6 Å². The lowest BCUT2D eigenvalue weighted by molar-refractivity contribution is 0.959. The van der Waals surface area contributed by atoms with Gasteiger partial charge in [-0.1, -0.05) is 50.5 Å². The highest BCUT2D eigenvalue weighted by atomic mass is 31.1. The van der Waals surface area contributed by atoms with E-state index < -0.39 is 0 Å². The van der Waals surface area contributed by atoms with Crippen LogP contribution in [0.4, 0.5) is 0 Å². The highest BCUT2D eigenvalue weighted by molar-refractivity contribution is 7.45. The first-order valence-corrected chi connectivity index (χ1v) is 5.45. The minimum atomic E-state index is 1.22. The van der Waals surface area contributed by atoms with Crippen molar-refractivity contribution in [1.29, 1.82) is 0 Å². The molecule has 0 aromatic carbocycles. The lowest BCUT2D eigenvalue weighted by Crippen LogP contribution is -1.58. The molecule has 0 aliphatic carbocycles. The summed E-state index contributed by atoms with van der Waals surface area (Å²) in [5.41, 5.74) is 0. The second-order valence-corrected chi connectivity index (χ2v) is 3.39. The van der Waals surface area contributed by atoms with Gasteiger partial charge in [0.1, 0.15) is 0 Å². The van der Waals surface area contributed by atoms with Crippen molar-refractivity contribution in [3.63, 3.8) is 0 Å². The molecule has 11 heavy (non-hydrogen) atoms. The van der Waals surface area contributed by atoms with E-state index >= 15 is 0 Å². The van der Waals surface area contributed by atoms with Crippen molar-refractivity contribution in [3.8, 4) is 0 Å². The van der Waals surface area contributed by atoms with Crippen LogP contribution < -0.4 is 0 Å². The molecule has 0 aliphatic heterocycles. The lowest BCUT2D eigenvalue weighted by atomic mass is 10.3. The van der Waals surface area contributed by atoms with Gasteiger partial charge < -0.3 is 0 Å². The second-order valence-electron chi connectivity index (χ2n) is 2.50. The maximum atomic E-state index is 2.25. The van der Waals surface area contributed by atoms with Crippen molar-refractivity contribution in [1.82, 2.24) is 0 Å². The van der Waals surface area contributed by atoms with E-state index in [0.29, 0.717) is 0 Å².